The number of rotatable bonds is 1. The van der Waals surface area contributed by atoms with Gasteiger partial charge in [-0.05, 0) is 43.7 Å². The van der Waals surface area contributed by atoms with Gasteiger partial charge in [0.05, 0.1) is 7.11 Å². The minimum atomic E-state index is 1.01. The fourth-order valence-electron chi connectivity index (χ4n) is 2.92. The maximum absolute atomic E-state index is 5.57. The molecule has 3 heteroatoms. The average molecular weight is 244 g/mol. The minimum Gasteiger partial charge on any atom is -0.496 e. The van der Waals surface area contributed by atoms with Crippen molar-refractivity contribution in [3.05, 3.63) is 29.0 Å². The molecule has 1 aromatic carbocycles. The van der Waals surface area contributed by atoms with E-state index in [0.717, 1.165) is 31.7 Å². The second-order valence-electron chi connectivity index (χ2n) is 5.28. The molecule has 0 amide bonds. The van der Waals surface area contributed by atoms with Crippen molar-refractivity contribution in [3.63, 3.8) is 0 Å². The molecule has 96 valence electrons. The Kier molecular flexibility index (Phi) is 2.78. The van der Waals surface area contributed by atoms with Crippen molar-refractivity contribution < 1.29 is 4.74 Å². The zero-order valence-electron chi connectivity index (χ0n) is 11.3. The van der Waals surface area contributed by atoms with E-state index in [2.05, 4.69) is 36.0 Å². The fourth-order valence-corrected chi connectivity index (χ4v) is 2.92. The molecule has 1 aliphatic rings. The van der Waals surface area contributed by atoms with E-state index < -0.39 is 0 Å². The van der Waals surface area contributed by atoms with E-state index >= 15 is 0 Å². The molecule has 0 unspecified atom stereocenters. The summed E-state index contributed by atoms with van der Waals surface area (Å²) in [5.74, 6) is 1.01. The number of methoxy groups -OCH3 is 1. The molecule has 0 saturated carbocycles. The smallest absolute Gasteiger partial charge is 0.128 e. The van der Waals surface area contributed by atoms with Gasteiger partial charge in [-0.1, -0.05) is 0 Å². The molecule has 18 heavy (non-hydrogen) atoms. The fraction of sp³-hybridized carbons (Fsp3) is 0.467. The lowest BCUT2D eigenvalue weighted by Gasteiger charge is -2.12. The Morgan fingerprint density at radius 1 is 1.22 bits per heavy atom. The Morgan fingerprint density at radius 3 is 2.78 bits per heavy atom. The molecule has 1 aromatic heterocycles. The first-order chi connectivity index (χ1) is 8.69. The van der Waals surface area contributed by atoms with Crippen LogP contribution in [0.15, 0.2) is 12.1 Å². The third-order valence-corrected chi connectivity index (χ3v) is 3.91. The first-order valence-electron chi connectivity index (χ1n) is 6.55. The highest BCUT2D eigenvalue weighted by atomic mass is 16.5. The van der Waals surface area contributed by atoms with E-state index in [4.69, 9.17) is 4.74 Å². The van der Waals surface area contributed by atoms with E-state index in [1.165, 1.54) is 27.7 Å². The zero-order valence-corrected chi connectivity index (χ0v) is 11.3. The molecule has 0 atom stereocenters. The van der Waals surface area contributed by atoms with Crippen molar-refractivity contribution in [3.8, 4) is 5.75 Å². The summed E-state index contributed by atoms with van der Waals surface area (Å²) in [5.41, 5.74) is 5.30. The molecule has 3 rings (SSSR count). The molecule has 0 aliphatic carbocycles. The summed E-state index contributed by atoms with van der Waals surface area (Å²) in [6.07, 6.45) is 2.20. The topological polar surface area (TPSA) is 28.3 Å². The molecule has 0 radical (unpaired) electrons. The van der Waals surface area contributed by atoms with Crippen LogP contribution in [0.5, 0.6) is 5.75 Å². The highest BCUT2D eigenvalue weighted by Gasteiger charge is 2.19. The lowest BCUT2D eigenvalue weighted by Crippen LogP contribution is -2.21. The first kappa shape index (κ1) is 11.6. The van der Waals surface area contributed by atoms with E-state index in [0.29, 0.717) is 0 Å². The molecule has 1 N–H and O–H groups in total. The Balaban J connectivity index is 2.21. The lowest BCUT2D eigenvalue weighted by atomic mass is 10.0. The molecule has 0 bridgehead atoms. The van der Waals surface area contributed by atoms with Crippen LogP contribution in [0.4, 0.5) is 0 Å². The second-order valence-corrected chi connectivity index (χ2v) is 5.28. The monoisotopic (exact) mass is 244 g/mol. The van der Waals surface area contributed by atoms with Crippen molar-refractivity contribution >= 4 is 10.9 Å². The van der Waals surface area contributed by atoms with Gasteiger partial charge >= 0.3 is 0 Å². The molecular weight excluding hydrogens is 224 g/mol. The van der Waals surface area contributed by atoms with E-state index in [9.17, 15) is 0 Å². The van der Waals surface area contributed by atoms with Crippen LogP contribution in [0, 0.1) is 6.92 Å². The van der Waals surface area contributed by atoms with Crippen LogP contribution < -0.4 is 4.74 Å². The van der Waals surface area contributed by atoms with Crippen molar-refractivity contribution in [2.45, 2.75) is 19.8 Å². The van der Waals surface area contributed by atoms with Gasteiger partial charge in [-0.2, -0.15) is 0 Å². The predicted molar refractivity (Wildman–Crippen MR) is 74.5 cm³/mol. The van der Waals surface area contributed by atoms with Crippen LogP contribution >= 0.6 is 0 Å². The summed E-state index contributed by atoms with van der Waals surface area (Å²) in [5, 5.41) is 1.29. The first-order valence-corrected chi connectivity index (χ1v) is 6.55. The van der Waals surface area contributed by atoms with Crippen LogP contribution in [0.2, 0.25) is 0 Å². The van der Waals surface area contributed by atoms with Gasteiger partial charge in [-0.3, -0.25) is 0 Å². The Labute approximate surface area is 108 Å². The van der Waals surface area contributed by atoms with Gasteiger partial charge in [-0.25, -0.2) is 0 Å². The summed E-state index contributed by atoms with van der Waals surface area (Å²) >= 11 is 0. The summed E-state index contributed by atoms with van der Waals surface area (Å²) in [6.45, 7) is 4.36. The quantitative estimate of drug-likeness (QED) is 0.835. The number of aromatic amines is 1. The van der Waals surface area contributed by atoms with Crippen molar-refractivity contribution in [1.82, 2.24) is 9.88 Å². The number of likely N-dealkylation sites (N-methyl/N-ethyl adjacent to an activating group) is 1. The van der Waals surface area contributed by atoms with Crippen molar-refractivity contribution in [1.29, 1.82) is 0 Å². The Morgan fingerprint density at radius 2 is 2.00 bits per heavy atom. The lowest BCUT2D eigenvalue weighted by molar-refractivity contribution is 0.352. The largest absolute Gasteiger partial charge is 0.496 e. The molecule has 2 heterocycles. The average Bonchev–Trinajstić information content (AvgIpc) is 2.60. The van der Waals surface area contributed by atoms with Gasteiger partial charge in [0.15, 0.2) is 0 Å². The van der Waals surface area contributed by atoms with Gasteiger partial charge in [0.25, 0.3) is 0 Å². The number of nitrogens with one attached hydrogen (secondary N) is 1. The number of hydrogen-bond donors (Lipinski definition) is 1. The number of fused-ring (bicyclic) bond motifs is 3. The predicted octanol–water partition coefficient (Wildman–Crippen LogP) is 2.52. The molecule has 0 saturated heterocycles. The number of H-pyrrole nitrogens is 1. The Hall–Kier alpha value is -1.48. The molecule has 2 aromatic rings. The van der Waals surface area contributed by atoms with Gasteiger partial charge in [0.1, 0.15) is 5.75 Å². The number of benzene rings is 1. The van der Waals surface area contributed by atoms with E-state index in [1.807, 2.05) is 0 Å². The second kappa shape index (κ2) is 4.32. The molecule has 1 aliphatic heterocycles. The van der Waals surface area contributed by atoms with Crippen LogP contribution in [-0.4, -0.2) is 37.1 Å². The number of hydrogen-bond acceptors (Lipinski definition) is 2. The highest BCUT2D eigenvalue weighted by molar-refractivity contribution is 5.91. The number of ether oxygens (including phenoxy) is 1. The minimum absolute atomic E-state index is 1.01. The summed E-state index contributed by atoms with van der Waals surface area (Å²) < 4.78 is 5.57. The van der Waals surface area contributed by atoms with Gasteiger partial charge in [-0.15, -0.1) is 0 Å². The number of nitrogens with zero attached hydrogens (tertiary/aromatic N) is 1. The van der Waals surface area contributed by atoms with Gasteiger partial charge < -0.3 is 14.6 Å². The standard InChI is InChI=1S/C15H20N2O/c1-10-8-13-15(14(9-10)18-3)11-4-6-17(2)7-5-12(11)16-13/h8-9,16H,4-7H2,1-3H3. The van der Waals surface area contributed by atoms with Crippen LogP contribution in [0.3, 0.4) is 0 Å². The maximum Gasteiger partial charge on any atom is 0.128 e. The Bertz CT molecular complexity index is 586. The SMILES string of the molecule is COc1cc(C)cc2[nH]c3c(c12)CCN(C)CC3. The van der Waals surface area contributed by atoms with Gasteiger partial charge in [0, 0.05) is 36.1 Å². The summed E-state index contributed by atoms with van der Waals surface area (Å²) in [7, 11) is 3.95. The zero-order chi connectivity index (χ0) is 12.7. The third-order valence-electron chi connectivity index (χ3n) is 3.91. The van der Waals surface area contributed by atoms with E-state index in [1.54, 1.807) is 7.11 Å². The summed E-state index contributed by atoms with van der Waals surface area (Å²) in [4.78, 5) is 5.97. The van der Waals surface area contributed by atoms with Crippen molar-refractivity contribution in [2.24, 2.45) is 0 Å². The summed E-state index contributed by atoms with van der Waals surface area (Å²) in [6, 6.07) is 4.35. The normalized spacial score (nSPS) is 16.6. The highest BCUT2D eigenvalue weighted by Crippen LogP contribution is 2.34. The van der Waals surface area contributed by atoms with Crippen LogP contribution in [-0.2, 0) is 12.8 Å². The maximum atomic E-state index is 5.57. The number of aryl methyl sites for hydroxylation is 1. The van der Waals surface area contributed by atoms with Crippen LogP contribution in [0.25, 0.3) is 10.9 Å². The third kappa shape index (κ3) is 1.79. The van der Waals surface area contributed by atoms with E-state index in [-0.39, 0.29) is 0 Å². The number of aromatic nitrogens is 1. The molecule has 3 nitrogen and oxygen atoms in total. The van der Waals surface area contributed by atoms with Crippen molar-refractivity contribution in [2.75, 3.05) is 27.2 Å². The molecular formula is C15H20N2O. The van der Waals surface area contributed by atoms with Crippen LogP contribution in [0.1, 0.15) is 16.8 Å². The molecule has 0 fully saturated rings. The molecule has 0 spiro atoms. The van der Waals surface area contributed by atoms with Gasteiger partial charge in [0.2, 0.25) is 0 Å².